The number of aryl methyl sites for hydroxylation is 3. The van der Waals surface area contributed by atoms with E-state index in [1.54, 1.807) is 23.1 Å². The standard InChI is InChI=1S/C23H21N3OS2.ClH/c1-15-9-10-16(2)21(11-15)29-19-12-20(27-18-7-5-4-6-8-18)22(24-13-19)26-23-25-17(3)14-28-23;/h4-14H,1-3H3,(H,24,25,26);1H. The zero-order valence-electron chi connectivity index (χ0n) is 16.9. The Labute approximate surface area is 191 Å². The Kier molecular flexibility index (Phi) is 7.37. The fourth-order valence-electron chi connectivity index (χ4n) is 2.73. The molecule has 154 valence electrons. The molecule has 30 heavy (non-hydrogen) atoms. The highest BCUT2D eigenvalue weighted by Gasteiger charge is 2.12. The lowest BCUT2D eigenvalue weighted by Crippen LogP contribution is -1.97. The van der Waals surface area contributed by atoms with Gasteiger partial charge in [0.1, 0.15) is 5.75 Å². The van der Waals surface area contributed by atoms with E-state index in [0.717, 1.165) is 21.5 Å². The van der Waals surface area contributed by atoms with E-state index in [1.807, 2.05) is 54.9 Å². The third-order valence-corrected chi connectivity index (χ3v) is 6.21. The van der Waals surface area contributed by atoms with Crippen LogP contribution < -0.4 is 10.1 Å². The Bertz CT molecular complexity index is 1130. The van der Waals surface area contributed by atoms with Gasteiger partial charge in [0, 0.05) is 27.4 Å². The molecule has 4 rings (SSSR count). The minimum atomic E-state index is 0. The largest absolute Gasteiger partial charge is 0.453 e. The maximum absolute atomic E-state index is 6.16. The topological polar surface area (TPSA) is 47.0 Å². The minimum absolute atomic E-state index is 0. The molecule has 0 saturated carbocycles. The van der Waals surface area contributed by atoms with E-state index >= 15 is 0 Å². The smallest absolute Gasteiger partial charge is 0.188 e. The first-order chi connectivity index (χ1) is 14.1. The Morgan fingerprint density at radius 3 is 2.53 bits per heavy atom. The summed E-state index contributed by atoms with van der Waals surface area (Å²) in [5, 5.41) is 6.09. The van der Waals surface area contributed by atoms with Gasteiger partial charge in [0.15, 0.2) is 16.7 Å². The summed E-state index contributed by atoms with van der Waals surface area (Å²) >= 11 is 3.24. The zero-order chi connectivity index (χ0) is 20.2. The van der Waals surface area contributed by atoms with Gasteiger partial charge < -0.3 is 10.1 Å². The van der Waals surface area contributed by atoms with Gasteiger partial charge in [0.2, 0.25) is 0 Å². The van der Waals surface area contributed by atoms with Gasteiger partial charge in [-0.1, -0.05) is 42.1 Å². The molecule has 2 aromatic heterocycles. The van der Waals surface area contributed by atoms with Crippen molar-refractivity contribution in [2.75, 3.05) is 5.32 Å². The van der Waals surface area contributed by atoms with Gasteiger partial charge in [-0.2, -0.15) is 0 Å². The number of aromatic nitrogens is 2. The molecule has 0 aliphatic carbocycles. The van der Waals surface area contributed by atoms with Crippen LogP contribution in [0.15, 0.2) is 76.0 Å². The molecule has 0 aliphatic heterocycles. The molecule has 0 atom stereocenters. The number of rotatable bonds is 6. The third-order valence-electron chi connectivity index (χ3n) is 4.21. The monoisotopic (exact) mass is 455 g/mol. The van der Waals surface area contributed by atoms with E-state index in [0.29, 0.717) is 11.6 Å². The molecule has 0 fully saturated rings. The Hall–Kier alpha value is -2.54. The van der Waals surface area contributed by atoms with Gasteiger partial charge in [0.05, 0.1) is 5.69 Å². The maximum Gasteiger partial charge on any atom is 0.188 e. The van der Waals surface area contributed by atoms with Crippen LogP contribution in [0.4, 0.5) is 10.9 Å². The molecule has 0 spiro atoms. The molecule has 0 amide bonds. The summed E-state index contributed by atoms with van der Waals surface area (Å²) in [6.07, 6.45) is 1.87. The van der Waals surface area contributed by atoms with Crippen LogP contribution >= 0.6 is 35.5 Å². The van der Waals surface area contributed by atoms with E-state index in [9.17, 15) is 0 Å². The van der Waals surface area contributed by atoms with Gasteiger partial charge in [0.25, 0.3) is 0 Å². The highest BCUT2D eigenvalue weighted by Crippen LogP contribution is 2.37. The summed E-state index contributed by atoms with van der Waals surface area (Å²) in [6.45, 7) is 6.20. The van der Waals surface area contributed by atoms with Crippen LogP contribution in [0.1, 0.15) is 16.8 Å². The van der Waals surface area contributed by atoms with Crippen molar-refractivity contribution in [2.45, 2.75) is 30.6 Å². The van der Waals surface area contributed by atoms with E-state index in [4.69, 9.17) is 4.74 Å². The number of hydrogen-bond acceptors (Lipinski definition) is 6. The maximum atomic E-state index is 6.16. The van der Waals surface area contributed by atoms with Crippen LogP contribution in [0, 0.1) is 20.8 Å². The first kappa shape index (κ1) is 22.2. The number of nitrogens with zero attached hydrogens (tertiary/aromatic N) is 2. The van der Waals surface area contributed by atoms with Gasteiger partial charge in [-0.05, 0) is 50.1 Å². The highest BCUT2D eigenvalue weighted by atomic mass is 35.5. The predicted octanol–water partition coefficient (Wildman–Crippen LogP) is 7.57. The molecule has 0 radical (unpaired) electrons. The number of para-hydroxylation sites is 1. The normalized spacial score (nSPS) is 10.4. The highest BCUT2D eigenvalue weighted by molar-refractivity contribution is 7.99. The molecule has 4 aromatic rings. The van der Waals surface area contributed by atoms with E-state index in [-0.39, 0.29) is 12.4 Å². The molecule has 7 heteroatoms. The first-order valence-corrected chi connectivity index (χ1v) is 10.9. The summed E-state index contributed by atoms with van der Waals surface area (Å²) in [5.41, 5.74) is 3.46. The van der Waals surface area contributed by atoms with E-state index in [1.165, 1.54) is 16.0 Å². The van der Waals surface area contributed by atoms with Gasteiger partial charge in [-0.3, -0.25) is 0 Å². The molecule has 1 N–H and O–H groups in total. The average Bonchev–Trinajstić information content (AvgIpc) is 3.12. The number of thiazole rings is 1. The van der Waals surface area contributed by atoms with Gasteiger partial charge in [-0.25, -0.2) is 9.97 Å². The lowest BCUT2D eigenvalue weighted by atomic mass is 10.2. The molecule has 4 nitrogen and oxygen atoms in total. The molecule has 2 heterocycles. The molecule has 0 bridgehead atoms. The van der Waals surface area contributed by atoms with Crippen molar-refractivity contribution in [3.8, 4) is 11.5 Å². The average molecular weight is 456 g/mol. The number of pyridine rings is 1. The molecule has 2 aromatic carbocycles. The van der Waals surface area contributed by atoms with Crippen LogP contribution in [0.25, 0.3) is 0 Å². The number of benzene rings is 2. The molecular formula is C23H22ClN3OS2. The van der Waals surface area contributed by atoms with Crippen molar-refractivity contribution in [2.24, 2.45) is 0 Å². The summed E-state index contributed by atoms with van der Waals surface area (Å²) in [5.74, 6) is 2.08. The fourth-order valence-corrected chi connectivity index (χ4v) is 4.41. The van der Waals surface area contributed by atoms with Gasteiger partial charge >= 0.3 is 0 Å². The molecule has 0 unspecified atom stereocenters. The first-order valence-electron chi connectivity index (χ1n) is 9.24. The number of nitrogens with one attached hydrogen (secondary N) is 1. The van der Waals surface area contributed by atoms with Crippen LogP contribution in [0.5, 0.6) is 11.5 Å². The predicted molar refractivity (Wildman–Crippen MR) is 128 cm³/mol. The Morgan fingerprint density at radius 2 is 1.80 bits per heavy atom. The van der Waals surface area contributed by atoms with E-state index < -0.39 is 0 Å². The van der Waals surface area contributed by atoms with Crippen molar-refractivity contribution >= 4 is 46.5 Å². The van der Waals surface area contributed by atoms with Crippen LogP contribution in [-0.2, 0) is 0 Å². The third kappa shape index (κ3) is 5.53. The van der Waals surface area contributed by atoms with Crippen LogP contribution in [-0.4, -0.2) is 9.97 Å². The second-order valence-corrected chi connectivity index (χ2v) is 8.70. The van der Waals surface area contributed by atoms with Crippen molar-refractivity contribution in [3.05, 3.63) is 83.0 Å². The number of halogens is 1. The van der Waals surface area contributed by atoms with Crippen molar-refractivity contribution in [1.29, 1.82) is 0 Å². The molecule has 0 aliphatic rings. The van der Waals surface area contributed by atoms with Crippen molar-refractivity contribution in [1.82, 2.24) is 9.97 Å². The molecular weight excluding hydrogens is 434 g/mol. The quantitative estimate of drug-likeness (QED) is 0.324. The summed E-state index contributed by atoms with van der Waals surface area (Å²) in [4.78, 5) is 11.3. The number of ether oxygens (including phenoxy) is 1. The number of hydrogen-bond donors (Lipinski definition) is 1. The van der Waals surface area contributed by atoms with E-state index in [2.05, 4.69) is 47.3 Å². The Morgan fingerprint density at radius 1 is 1.00 bits per heavy atom. The summed E-state index contributed by atoms with van der Waals surface area (Å²) in [6, 6.07) is 18.2. The SMILES string of the molecule is Cc1ccc(C)c(Sc2cnc(Nc3nc(C)cs3)c(Oc3ccccc3)c2)c1.Cl. The lowest BCUT2D eigenvalue weighted by molar-refractivity contribution is 0.481. The van der Waals surface area contributed by atoms with Crippen LogP contribution in [0.2, 0.25) is 0 Å². The summed E-state index contributed by atoms with van der Waals surface area (Å²) in [7, 11) is 0. The summed E-state index contributed by atoms with van der Waals surface area (Å²) < 4.78 is 6.16. The minimum Gasteiger partial charge on any atom is -0.453 e. The molecule has 0 saturated heterocycles. The van der Waals surface area contributed by atoms with Crippen LogP contribution in [0.3, 0.4) is 0 Å². The lowest BCUT2D eigenvalue weighted by Gasteiger charge is -2.13. The number of anilines is 2. The van der Waals surface area contributed by atoms with Crippen molar-refractivity contribution in [3.63, 3.8) is 0 Å². The van der Waals surface area contributed by atoms with Crippen molar-refractivity contribution < 1.29 is 4.74 Å². The second-order valence-electron chi connectivity index (χ2n) is 6.72. The van der Waals surface area contributed by atoms with Gasteiger partial charge in [-0.15, -0.1) is 23.7 Å². The Balaban J connectivity index is 0.00000256. The zero-order valence-corrected chi connectivity index (χ0v) is 19.3. The second kappa shape index (κ2) is 9.98. The fraction of sp³-hybridized carbons (Fsp3) is 0.130.